The third kappa shape index (κ3) is 5.41. The summed E-state index contributed by atoms with van der Waals surface area (Å²) >= 11 is 0. The Balaban J connectivity index is 1.64. The maximum absolute atomic E-state index is 12.5. The summed E-state index contributed by atoms with van der Waals surface area (Å²) in [4.78, 5) is 0. The molecule has 2 N–H and O–H groups in total. The molecule has 3 rings (SSSR count). The second-order valence-electron chi connectivity index (χ2n) is 6.95. The van der Waals surface area contributed by atoms with Gasteiger partial charge in [0.2, 0.25) is 0 Å². The van der Waals surface area contributed by atoms with Crippen LogP contribution in [0.1, 0.15) is 17.5 Å². The first-order valence-electron chi connectivity index (χ1n) is 9.31. The van der Waals surface area contributed by atoms with E-state index in [0.29, 0.717) is 12.0 Å². The zero-order valence-corrected chi connectivity index (χ0v) is 16.6. The number of aryl methyl sites for hydroxylation is 1. The molecule has 0 fully saturated rings. The first-order chi connectivity index (χ1) is 13.4. The monoisotopic (exact) mass is 391 g/mol. The lowest BCUT2D eigenvalue weighted by molar-refractivity contribution is 0.607. The lowest BCUT2D eigenvalue weighted by atomic mass is 10.0. The Labute approximate surface area is 167 Å². The molecule has 3 nitrogen and oxygen atoms in total. The smallest absolute Gasteiger partial charge is 0.175 e. The van der Waals surface area contributed by atoms with E-state index >= 15 is 0 Å². The van der Waals surface area contributed by atoms with Gasteiger partial charge in [0.15, 0.2) is 9.84 Å². The zero-order chi connectivity index (χ0) is 20.0. The molecule has 0 saturated heterocycles. The van der Waals surface area contributed by atoms with Gasteiger partial charge in [0, 0.05) is 11.4 Å². The highest BCUT2D eigenvalue weighted by molar-refractivity contribution is 7.94. The third-order valence-electron chi connectivity index (χ3n) is 4.69. The molecule has 0 unspecified atom stereocenters. The van der Waals surface area contributed by atoms with Gasteiger partial charge in [-0.2, -0.15) is 0 Å². The lowest BCUT2D eigenvalue weighted by Gasteiger charge is -2.10. The molecule has 1 atom stereocenters. The molecule has 0 amide bonds. The fourth-order valence-electron chi connectivity index (χ4n) is 3.20. The van der Waals surface area contributed by atoms with E-state index in [9.17, 15) is 8.42 Å². The van der Waals surface area contributed by atoms with Gasteiger partial charge in [-0.25, -0.2) is 8.42 Å². The van der Waals surface area contributed by atoms with Crippen LogP contribution >= 0.6 is 0 Å². The van der Waals surface area contributed by atoms with Gasteiger partial charge >= 0.3 is 0 Å². The number of rotatable bonds is 8. The van der Waals surface area contributed by atoms with Gasteiger partial charge in [0.25, 0.3) is 0 Å². The standard InChI is InChI=1S/C24H25NO2S/c1-19(23-13-7-11-21-10-5-6-12-24(21)23)18-28(26,27)17-16-22(25)15-14-20-8-3-2-4-9-20/h2-13,16-17,22H,1,14-15,18,25H2/b17-16+/t22-/m0/s1. The summed E-state index contributed by atoms with van der Waals surface area (Å²) in [7, 11) is -3.44. The van der Waals surface area contributed by atoms with Crippen molar-refractivity contribution < 1.29 is 8.42 Å². The largest absolute Gasteiger partial charge is 0.324 e. The number of sulfone groups is 1. The predicted octanol–water partition coefficient (Wildman–Crippen LogP) is 4.74. The van der Waals surface area contributed by atoms with Crippen molar-refractivity contribution in [3.8, 4) is 0 Å². The van der Waals surface area contributed by atoms with Crippen LogP contribution in [0.25, 0.3) is 16.3 Å². The Morgan fingerprint density at radius 1 is 0.964 bits per heavy atom. The van der Waals surface area contributed by atoms with Crippen molar-refractivity contribution in [1.29, 1.82) is 0 Å². The third-order valence-corrected chi connectivity index (χ3v) is 6.01. The predicted molar refractivity (Wildman–Crippen MR) is 119 cm³/mol. The molecule has 0 spiro atoms. The molecule has 3 aromatic carbocycles. The summed E-state index contributed by atoms with van der Waals surface area (Å²) in [6.45, 7) is 4.02. The summed E-state index contributed by atoms with van der Waals surface area (Å²) in [5, 5.41) is 3.31. The summed E-state index contributed by atoms with van der Waals surface area (Å²) in [6, 6.07) is 23.5. The number of benzene rings is 3. The van der Waals surface area contributed by atoms with Crippen molar-refractivity contribution in [2.45, 2.75) is 18.9 Å². The van der Waals surface area contributed by atoms with Crippen LogP contribution in [-0.4, -0.2) is 20.2 Å². The van der Waals surface area contributed by atoms with Crippen molar-refractivity contribution in [1.82, 2.24) is 0 Å². The van der Waals surface area contributed by atoms with Crippen LogP contribution in [0.5, 0.6) is 0 Å². The number of nitrogens with two attached hydrogens (primary N) is 1. The Morgan fingerprint density at radius 2 is 1.64 bits per heavy atom. The molecule has 0 aliphatic rings. The molecule has 144 valence electrons. The summed E-state index contributed by atoms with van der Waals surface area (Å²) in [5.74, 6) is -0.122. The normalized spacial score (nSPS) is 13.0. The maximum atomic E-state index is 12.5. The van der Waals surface area contributed by atoms with Crippen LogP contribution in [-0.2, 0) is 16.3 Å². The maximum Gasteiger partial charge on any atom is 0.175 e. The van der Waals surface area contributed by atoms with E-state index in [1.165, 1.54) is 11.0 Å². The first-order valence-corrected chi connectivity index (χ1v) is 11.0. The minimum absolute atomic E-state index is 0.122. The van der Waals surface area contributed by atoms with Gasteiger partial charge in [-0.3, -0.25) is 0 Å². The van der Waals surface area contributed by atoms with Gasteiger partial charge < -0.3 is 5.73 Å². The van der Waals surface area contributed by atoms with Crippen LogP contribution in [0.4, 0.5) is 0 Å². The van der Waals surface area contributed by atoms with E-state index in [-0.39, 0.29) is 11.8 Å². The second-order valence-corrected chi connectivity index (χ2v) is 8.84. The van der Waals surface area contributed by atoms with Crippen molar-refractivity contribution >= 4 is 26.2 Å². The van der Waals surface area contributed by atoms with Crippen LogP contribution in [0.3, 0.4) is 0 Å². The Hall–Kier alpha value is -2.69. The molecule has 0 radical (unpaired) electrons. The summed E-state index contributed by atoms with van der Waals surface area (Å²) in [5.41, 5.74) is 8.71. The Morgan fingerprint density at radius 3 is 2.43 bits per heavy atom. The fraction of sp³-hybridized carbons (Fsp3) is 0.167. The fourth-order valence-corrected chi connectivity index (χ4v) is 4.38. The number of hydrogen-bond donors (Lipinski definition) is 1. The average Bonchev–Trinajstić information content (AvgIpc) is 2.71. The Bertz CT molecular complexity index is 1080. The topological polar surface area (TPSA) is 60.2 Å². The van der Waals surface area contributed by atoms with E-state index in [4.69, 9.17) is 5.73 Å². The molecule has 0 aromatic heterocycles. The molecular weight excluding hydrogens is 366 g/mol. The molecule has 0 bridgehead atoms. The van der Waals surface area contributed by atoms with Gasteiger partial charge in [-0.1, -0.05) is 85.5 Å². The molecule has 0 aliphatic carbocycles. The second kappa shape index (κ2) is 9.00. The quantitative estimate of drug-likeness (QED) is 0.603. The number of fused-ring (bicyclic) bond motifs is 1. The van der Waals surface area contributed by atoms with Crippen LogP contribution in [0.15, 0.2) is 90.9 Å². The van der Waals surface area contributed by atoms with E-state index in [2.05, 4.69) is 6.58 Å². The van der Waals surface area contributed by atoms with Crippen LogP contribution in [0, 0.1) is 0 Å². The minimum atomic E-state index is -3.44. The van der Waals surface area contributed by atoms with Crippen molar-refractivity contribution in [3.05, 3.63) is 102 Å². The van der Waals surface area contributed by atoms with Crippen molar-refractivity contribution in [2.75, 3.05) is 5.75 Å². The zero-order valence-electron chi connectivity index (χ0n) is 15.8. The van der Waals surface area contributed by atoms with E-state index in [1.807, 2.05) is 72.8 Å². The first kappa shape index (κ1) is 20.1. The van der Waals surface area contributed by atoms with E-state index in [0.717, 1.165) is 22.8 Å². The molecule has 0 heterocycles. The van der Waals surface area contributed by atoms with Crippen molar-refractivity contribution in [3.63, 3.8) is 0 Å². The molecular formula is C24H25NO2S. The summed E-state index contributed by atoms with van der Waals surface area (Å²) in [6.07, 6.45) is 3.09. The highest BCUT2D eigenvalue weighted by atomic mass is 32.2. The molecule has 0 saturated carbocycles. The van der Waals surface area contributed by atoms with Gasteiger partial charge in [0.05, 0.1) is 5.75 Å². The molecule has 3 aromatic rings. The lowest BCUT2D eigenvalue weighted by Crippen LogP contribution is -2.18. The average molecular weight is 392 g/mol. The minimum Gasteiger partial charge on any atom is -0.324 e. The molecule has 4 heteroatoms. The number of hydrogen-bond acceptors (Lipinski definition) is 3. The van der Waals surface area contributed by atoms with Crippen LogP contribution < -0.4 is 5.73 Å². The van der Waals surface area contributed by atoms with Crippen LogP contribution in [0.2, 0.25) is 0 Å². The van der Waals surface area contributed by atoms with Gasteiger partial charge in [0.1, 0.15) is 0 Å². The summed E-state index contributed by atoms with van der Waals surface area (Å²) < 4.78 is 25.1. The Kier molecular flexibility index (Phi) is 6.45. The van der Waals surface area contributed by atoms with Crippen molar-refractivity contribution in [2.24, 2.45) is 5.73 Å². The van der Waals surface area contributed by atoms with Gasteiger partial charge in [-0.05, 0) is 40.3 Å². The molecule has 0 aliphatic heterocycles. The highest BCUT2D eigenvalue weighted by Crippen LogP contribution is 2.25. The molecule has 28 heavy (non-hydrogen) atoms. The van der Waals surface area contributed by atoms with E-state index in [1.54, 1.807) is 6.08 Å². The SMILES string of the molecule is C=C(CS(=O)(=O)/C=C/[C@@H](N)CCc1ccccc1)c1cccc2ccccc12. The van der Waals surface area contributed by atoms with E-state index < -0.39 is 9.84 Å². The van der Waals surface area contributed by atoms with Gasteiger partial charge in [-0.15, -0.1) is 0 Å². The highest BCUT2D eigenvalue weighted by Gasteiger charge is 2.13.